The van der Waals surface area contributed by atoms with Crippen LogP contribution in [0.3, 0.4) is 0 Å². The van der Waals surface area contributed by atoms with Crippen molar-refractivity contribution in [2.24, 2.45) is 0 Å². The van der Waals surface area contributed by atoms with E-state index in [0.29, 0.717) is 16.4 Å². The highest BCUT2D eigenvalue weighted by atomic mass is 35.5. The van der Waals surface area contributed by atoms with Gasteiger partial charge in [0.2, 0.25) is 0 Å². The van der Waals surface area contributed by atoms with Crippen LogP contribution in [0.5, 0.6) is 0 Å². The number of benzene rings is 1. The summed E-state index contributed by atoms with van der Waals surface area (Å²) in [5.74, 6) is -0.851. The molecule has 0 spiro atoms. The van der Waals surface area contributed by atoms with Crippen LogP contribution in [0.1, 0.15) is 18.1 Å². The monoisotopic (exact) mass is 355 g/mol. The molecule has 126 valence electrons. The van der Waals surface area contributed by atoms with Crippen molar-refractivity contribution in [3.63, 3.8) is 0 Å². The fourth-order valence-corrected chi connectivity index (χ4v) is 1.89. The Labute approximate surface area is 149 Å². The number of rotatable bonds is 5. The van der Waals surface area contributed by atoms with E-state index >= 15 is 0 Å². The van der Waals surface area contributed by atoms with Crippen molar-refractivity contribution < 1.29 is 14.3 Å². The molecule has 0 unspecified atom stereocenters. The number of ether oxygens (including phenoxy) is 1. The lowest BCUT2D eigenvalue weighted by atomic mass is 10.1. The summed E-state index contributed by atoms with van der Waals surface area (Å²) in [6, 6.07) is 11.8. The number of hydrogen-bond donors (Lipinski definition) is 1. The van der Waals surface area contributed by atoms with E-state index in [1.807, 2.05) is 6.07 Å². The molecule has 0 bridgehead atoms. The molecule has 6 nitrogen and oxygen atoms in total. The Morgan fingerprint density at radius 1 is 1.28 bits per heavy atom. The first kappa shape index (κ1) is 18.2. The molecular weight excluding hydrogens is 342 g/mol. The van der Waals surface area contributed by atoms with Gasteiger partial charge in [-0.25, -0.2) is 9.78 Å². The topological polar surface area (TPSA) is 92.1 Å². The average Bonchev–Trinajstić information content (AvgIpc) is 2.62. The summed E-state index contributed by atoms with van der Waals surface area (Å²) in [5, 5.41) is 11.7. The Morgan fingerprint density at radius 2 is 2.00 bits per heavy atom. The van der Waals surface area contributed by atoms with Gasteiger partial charge in [0, 0.05) is 12.3 Å². The second kappa shape index (κ2) is 8.62. The van der Waals surface area contributed by atoms with E-state index in [1.54, 1.807) is 36.4 Å². The highest BCUT2D eigenvalue weighted by molar-refractivity contribution is 6.30. The Bertz CT molecular complexity index is 824. The summed E-state index contributed by atoms with van der Waals surface area (Å²) in [6.45, 7) is 1.46. The number of nitrogens with one attached hydrogen (secondary N) is 1. The van der Waals surface area contributed by atoms with Gasteiger partial charge in [0.05, 0.1) is 16.7 Å². The maximum atomic E-state index is 12.0. The van der Waals surface area contributed by atoms with Gasteiger partial charge in [-0.3, -0.25) is 4.79 Å². The molecule has 1 amide bonds. The normalized spacial score (nSPS) is 11.6. The molecule has 0 radical (unpaired) electrons. The van der Waals surface area contributed by atoms with Crippen LogP contribution < -0.4 is 5.32 Å². The predicted octanol–water partition coefficient (Wildman–Crippen LogP) is 3.19. The maximum absolute atomic E-state index is 12.0. The van der Waals surface area contributed by atoms with Gasteiger partial charge in [-0.05, 0) is 42.8 Å². The van der Waals surface area contributed by atoms with E-state index in [9.17, 15) is 9.59 Å². The molecule has 1 heterocycles. The van der Waals surface area contributed by atoms with E-state index in [-0.39, 0.29) is 0 Å². The van der Waals surface area contributed by atoms with Crippen molar-refractivity contribution >= 4 is 35.4 Å². The first-order valence-electron chi connectivity index (χ1n) is 7.29. The Balaban J connectivity index is 1.87. The molecular formula is C18H14ClN3O3. The van der Waals surface area contributed by atoms with Crippen LogP contribution in [-0.4, -0.2) is 23.0 Å². The van der Waals surface area contributed by atoms with Gasteiger partial charge in [0.25, 0.3) is 5.91 Å². The Kier molecular flexibility index (Phi) is 6.26. The van der Waals surface area contributed by atoms with Gasteiger partial charge in [0.1, 0.15) is 5.82 Å². The molecule has 0 aliphatic heterocycles. The first-order chi connectivity index (χ1) is 12.0. The molecule has 0 aliphatic carbocycles. The van der Waals surface area contributed by atoms with Gasteiger partial charge < -0.3 is 10.1 Å². The van der Waals surface area contributed by atoms with E-state index in [4.69, 9.17) is 21.6 Å². The zero-order chi connectivity index (χ0) is 18.2. The first-order valence-corrected chi connectivity index (χ1v) is 7.67. The number of nitrogens with zero attached hydrogens (tertiary/aromatic N) is 2. The highest BCUT2D eigenvalue weighted by Crippen LogP contribution is 2.10. The van der Waals surface area contributed by atoms with Crippen molar-refractivity contribution in [2.75, 3.05) is 5.32 Å². The number of hydrogen-bond acceptors (Lipinski definition) is 5. The Hall–Kier alpha value is -3.17. The number of carbonyl (C=O) groups excluding carboxylic acids is 2. The summed E-state index contributed by atoms with van der Waals surface area (Å²) >= 11 is 5.71. The standard InChI is InChI=1S/C18H14ClN3O3/c1-12(18(24)22-16-8-7-15(19)11-21-16)25-17(23)9-6-13-2-4-14(10-20)5-3-13/h2-9,11-12H,1H3,(H,21,22,24)/b9-6+/t12-/m0/s1. The van der Waals surface area contributed by atoms with Gasteiger partial charge >= 0.3 is 5.97 Å². The molecule has 1 atom stereocenters. The summed E-state index contributed by atoms with van der Waals surface area (Å²) in [4.78, 5) is 27.7. The molecule has 1 N–H and O–H groups in total. The number of anilines is 1. The molecule has 1 aromatic heterocycles. The minimum Gasteiger partial charge on any atom is -0.449 e. The number of halogens is 1. The number of carbonyl (C=O) groups is 2. The molecule has 7 heteroatoms. The van der Waals surface area contributed by atoms with Crippen LogP contribution in [-0.2, 0) is 14.3 Å². The van der Waals surface area contributed by atoms with Crippen LogP contribution in [0.25, 0.3) is 6.08 Å². The van der Waals surface area contributed by atoms with Gasteiger partial charge in [-0.2, -0.15) is 5.26 Å². The van der Waals surface area contributed by atoms with Crippen molar-refractivity contribution in [1.82, 2.24) is 4.98 Å². The molecule has 0 aliphatic rings. The minimum atomic E-state index is -0.990. The fourth-order valence-electron chi connectivity index (χ4n) is 1.78. The molecule has 0 fully saturated rings. The van der Waals surface area contributed by atoms with E-state index in [2.05, 4.69) is 10.3 Å². The molecule has 25 heavy (non-hydrogen) atoms. The molecule has 1 aromatic carbocycles. The van der Waals surface area contributed by atoms with Crippen LogP contribution in [0.2, 0.25) is 5.02 Å². The lowest BCUT2D eigenvalue weighted by Gasteiger charge is -2.11. The third-order valence-corrected chi connectivity index (χ3v) is 3.32. The third kappa shape index (κ3) is 5.75. The lowest BCUT2D eigenvalue weighted by molar-refractivity contribution is -0.148. The second-order valence-corrected chi connectivity index (χ2v) is 5.43. The quantitative estimate of drug-likeness (QED) is 0.656. The Morgan fingerprint density at radius 3 is 2.60 bits per heavy atom. The molecule has 2 rings (SSSR count). The zero-order valence-corrected chi connectivity index (χ0v) is 14.0. The smallest absolute Gasteiger partial charge is 0.331 e. The third-order valence-electron chi connectivity index (χ3n) is 3.09. The molecule has 2 aromatic rings. The van der Waals surface area contributed by atoms with Crippen LogP contribution in [0, 0.1) is 11.3 Å². The number of aromatic nitrogens is 1. The van der Waals surface area contributed by atoms with Crippen molar-refractivity contribution in [3.8, 4) is 6.07 Å². The van der Waals surface area contributed by atoms with Gasteiger partial charge in [-0.15, -0.1) is 0 Å². The summed E-state index contributed by atoms with van der Waals surface area (Å²) in [5.41, 5.74) is 1.26. The van der Waals surface area contributed by atoms with Crippen LogP contribution in [0.4, 0.5) is 5.82 Å². The van der Waals surface area contributed by atoms with Crippen molar-refractivity contribution in [1.29, 1.82) is 5.26 Å². The van der Waals surface area contributed by atoms with E-state index in [1.165, 1.54) is 25.3 Å². The largest absolute Gasteiger partial charge is 0.449 e. The average molecular weight is 356 g/mol. The lowest BCUT2D eigenvalue weighted by Crippen LogP contribution is -2.29. The molecule has 0 saturated carbocycles. The number of pyridine rings is 1. The van der Waals surface area contributed by atoms with Crippen LogP contribution >= 0.6 is 11.6 Å². The SMILES string of the molecule is C[C@H](OC(=O)/C=C/c1ccc(C#N)cc1)C(=O)Nc1ccc(Cl)cn1. The van der Waals surface area contributed by atoms with Crippen molar-refractivity contribution in [3.05, 3.63) is 64.8 Å². The highest BCUT2D eigenvalue weighted by Gasteiger charge is 2.17. The van der Waals surface area contributed by atoms with Crippen molar-refractivity contribution in [2.45, 2.75) is 13.0 Å². The van der Waals surface area contributed by atoms with E-state index in [0.717, 1.165) is 5.56 Å². The number of amides is 1. The number of esters is 1. The maximum Gasteiger partial charge on any atom is 0.331 e. The summed E-state index contributed by atoms with van der Waals surface area (Å²) < 4.78 is 5.03. The van der Waals surface area contributed by atoms with E-state index < -0.39 is 18.0 Å². The fraction of sp³-hybridized carbons (Fsp3) is 0.111. The predicted molar refractivity (Wildman–Crippen MR) is 93.6 cm³/mol. The van der Waals surface area contributed by atoms with Gasteiger partial charge in [-0.1, -0.05) is 23.7 Å². The van der Waals surface area contributed by atoms with Crippen LogP contribution in [0.15, 0.2) is 48.7 Å². The van der Waals surface area contributed by atoms with Gasteiger partial charge in [0.15, 0.2) is 6.10 Å². The summed E-state index contributed by atoms with van der Waals surface area (Å²) in [6.07, 6.45) is 3.16. The summed E-state index contributed by atoms with van der Waals surface area (Å²) in [7, 11) is 0. The molecule has 0 saturated heterocycles. The zero-order valence-electron chi connectivity index (χ0n) is 13.3. The second-order valence-electron chi connectivity index (χ2n) is 5.00. The number of nitriles is 1. The minimum absolute atomic E-state index is 0.311.